The monoisotopic (exact) mass is 248 g/mol. The summed E-state index contributed by atoms with van der Waals surface area (Å²) < 4.78 is 23.6. The lowest BCUT2D eigenvalue weighted by atomic mass is 10.2. The summed E-state index contributed by atoms with van der Waals surface area (Å²) in [6.45, 7) is -0.268. The topological polar surface area (TPSA) is 54.4 Å². The van der Waals surface area contributed by atoms with E-state index in [4.69, 9.17) is 16.7 Å². The van der Waals surface area contributed by atoms with E-state index < -0.39 is 9.84 Å². The van der Waals surface area contributed by atoms with Crippen LogP contribution in [0.1, 0.15) is 12.0 Å². The number of aliphatic hydroxyl groups excluding tert-OH is 1. The molecule has 0 fully saturated rings. The molecule has 0 unspecified atom stereocenters. The summed E-state index contributed by atoms with van der Waals surface area (Å²) in [5.41, 5.74) is 0.437. The second kappa shape index (κ2) is 5.49. The van der Waals surface area contributed by atoms with Crippen molar-refractivity contribution in [1.29, 1.82) is 0 Å². The molecule has 5 heteroatoms. The smallest absolute Gasteiger partial charge is 0.178 e. The maximum Gasteiger partial charge on any atom is 0.178 e. The van der Waals surface area contributed by atoms with Gasteiger partial charge < -0.3 is 5.11 Å². The van der Waals surface area contributed by atoms with Crippen LogP contribution in [0.3, 0.4) is 0 Å². The Morgan fingerprint density at radius 3 is 2.53 bits per heavy atom. The summed E-state index contributed by atoms with van der Waals surface area (Å²) in [7, 11) is -3.31. The Kier molecular flexibility index (Phi) is 4.57. The molecule has 84 valence electrons. The highest BCUT2D eigenvalue weighted by Crippen LogP contribution is 2.17. The van der Waals surface area contributed by atoms with E-state index in [0.29, 0.717) is 17.9 Å². The van der Waals surface area contributed by atoms with Crippen molar-refractivity contribution in [2.24, 2.45) is 0 Å². The number of hydrogen-bond acceptors (Lipinski definition) is 3. The third-order valence-electron chi connectivity index (χ3n) is 2.02. The summed E-state index contributed by atoms with van der Waals surface area (Å²) in [5, 5.41) is 9.02. The molecule has 0 heterocycles. The number of aliphatic hydroxyl groups is 1. The molecule has 0 bridgehead atoms. The minimum atomic E-state index is -3.31. The van der Waals surface area contributed by atoms with Gasteiger partial charge in [0.2, 0.25) is 0 Å². The molecule has 0 aliphatic heterocycles. The normalized spacial score (nSPS) is 11.6. The van der Waals surface area contributed by atoms with E-state index >= 15 is 0 Å². The zero-order valence-corrected chi connectivity index (χ0v) is 9.76. The van der Waals surface area contributed by atoms with Crippen molar-refractivity contribution < 1.29 is 13.5 Å². The Balaban J connectivity index is 3.04. The van der Waals surface area contributed by atoms with Crippen molar-refractivity contribution in [1.82, 2.24) is 0 Å². The quantitative estimate of drug-likeness (QED) is 0.805. The SMILES string of the molecule is O=S(=O)(CCCCl)c1ccccc1CO. The number of hydrogen-bond donors (Lipinski definition) is 1. The van der Waals surface area contributed by atoms with E-state index in [1.54, 1.807) is 18.2 Å². The lowest BCUT2D eigenvalue weighted by molar-refractivity contribution is 0.278. The Morgan fingerprint density at radius 2 is 1.93 bits per heavy atom. The Hall–Kier alpha value is -0.580. The first-order valence-electron chi connectivity index (χ1n) is 4.59. The van der Waals surface area contributed by atoms with Gasteiger partial charge in [-0.2, -0.15) is 0 Å². The zero-order chi connectivity index (χ0) is 11.3. The Morgan fingerprint density at radius 1 is 1.27 bits per heavy atom. The van der Waals surface area contributed by atoms with E-state index in [9.17, 15) is 8.42 Å². The molecule has 0 atom stereocenters. The van der Waals surface area contributed by atoms with Crippen LogP contribution in [0.15, 0.2) is 29.2 Å². The largest absolute Gasteiger partial charge is 0.392 e. The van der Waals surface area contributed by atoms with Crippen LogP contribution in [-0.2, 0) is 16.4 Å². The van der Waals surface area contributed by atoms with Gasteiger partial charge in [0, 0.05) is 5.88 Å². The number of rotatable bonds is 5. The van der Waals surface area contributed by atoms with Crippen LogP contribution in [0, 0.1) is 0 Å². The first kappa shape index (κ1) is 12.5. The van der Waals surface area contributed by atoms with Crippen LogP contribution in [0.4, 0.5) is 0 Å². The van der Waals surface area contributed by atoms with Crippen LogP contribution in [0.2, 0.25) is 0 Å². The Bertz CT molecular complexity index is 414. The van der Waals surface area contributed by atoms with Crippen LogP contribution in [-0.4, -0.2) is 25.2 Å². The maximum atomic E-state index is 11.8. The van der Waals surface area contributed by atoms with E-state index in [2.05, 4.69) is 0 Å². The molecule has 1 N–H and O–H groups in total. The molecule has 0 amide bonds. The van der Waals surface area contributed by atoms with Gasteiger partial charge in [-0.3, -0.25) is 0 Å². The fraction of sp³-hybridized carbons (Fsp3) is 0.400. The molecule has 1 aromatic carbocycles. The van der Waals surface area contributed by atoms with Crippen LogP contribution in [0.25, 0.3) is 0 Å². The zero-order valence-electron chi connectivity index (χ0n) is 8.19. The maximum absolute atomic E-state index is 11.8. The van der Waals surface area contributed by atoms with Gasteiger partial charge in [-0.15, -0.1) is 11.6 Å². The second-order valence-corrected chi connectivity index (χ2v) is 5.58. The summed E-state index contributed by atoms with van der Waals surface area (Å²) in [5.74, 6) is 0.341. The standard InChI is InChI=1S/C10H13ClO3S/c11-6-3-7-15(13,14)10-5-2-1-4-9(10)8-12/h1-2,4-5,12H,3,6-8H2. The van der Waals surface area contributed by atoms with Crippen LogP contribution in [0.5, 0.6) is 0 Å². The third kappa shape index (κ3) is 3.19. The van der Waals surface area contributed by atoms with E-state index in [1.807, 2.05) is 0 Å². The predicted molar refractivity (Wildman–Crippen MR) is 59.8 cm³/mol. The van der Waals surface area contributed by atoms with E-state index in [0.717, 1.165) is 0 Å². The molecule has 0 spiro atoms. The number of halogens is 1. The van der Waals surface area contributed by atoms with Gasteiger partial charge in [-0.05, 0) is 18.1 Å². The summed E-state index contributed by atoms with van der Waals surface area (Å²) in [6.07, 6.45) is 0.420. The predicted octanol–water partition coefficient (Wildman–Crippen LogP) is 1.58. The van der Waals surface area contributed by atoms with Gasteiger partial charge in [0.25, 0.3) is 0 Å². The molecule has 0 saturated carbocycles. The highest BCUT2D eigenvalue weighted by atomic mass is 35.5. The molecular formula is C10H13ClO3S. The lowest BCUT2D eigenvalue weighted by Gasteiger charge is -2.07. The number of alkyl halides is 1. The molecule has 3 nitrogen and oxygen atoms in total. The summed E-state index contributed by atoms with van der Waals surface area (Å²) >= 11 is 5.45. The Labute approximate surface area is 94.6 Å². The van der Waals surface area contributed by atoms with Gasteiger partial charge in [0.1, 0.15) is 0 Å². The second-order valence-electron chi connectivity index (χ2n) is 3.13. The molecule has 0 aliphatic rings. The first-order valence-corrected chi connectivity index (χ1v) is 6.78. The van der Waals surface area contributed by atoms with Crippen molar-refractivity contribution in [2.75, 3.05) is 11.6 Å². The minimum Gasteiger partial charge on any atom is -0.392 e. The first-order chi connectivity index (χ1) is 7.11. The van der Waals surface area contributed by atoms with Crippen molar-refractivity contribution in [2.45, 2.75) is 17.9 Å². The third-order valence-corrected chi connectivity index (χ3v) is 4.19. The minimum absolute atomic E-state index is 0.0213. The van der Waals surface area contributed by atoms with Gasteiger partial charge >= 0.3 is 0 Å². The van der Waals surface area contributed by atoms with Crippen molar-refractivity contribution in [3.05, 3.63) is 29.8 Å². The molecule has 0 aliphatic carbocycles. The fourth-order valence-electron chi connectivity index (χ4n) is 1.29. The average molecular weight is 249 g/mol. The number of sulfone groups is 1. The van der Waals surface area contributed by atoms with Gasteiger partial charge in [-0.1, -0.05) is 18.2 Å². The van der Waals surface area contributed by atoms with Gasteiger partial charge in [0.05, 0.1) is 17.3 Å². The number of benzene rings is 1. The van der Waals surface area contributed by atoms with Gasteiger partial charge in [0.15, 0.2) is 9.84 Å². The fourth-order valence-corrected chi connectivity index (χ4v) is 3.15. The average Bonchev–Trinajstić information content (AvgIpc) is 2.26. The summed E-state index contributed by atoms with van der Waals surface area (Å²) in [4.78, 5) is 0.206. The molecule has 1 rings (SSSR count). The van der Waals surface area contributed by atoms with Crippen LogP contribution >= 0.6 is 11.6 Å². The molecule has 0 saturated heterocycles. The van der Waals surface area contributed by atoms with Crippen LogP contribution < -0.4 is 0 Å². The molecule has 0 aromatic heterocycles. The lowest BCUT2D eigenvalue weighted by Crippen LogP contribution is -2.10. The highest BCUT2D eigenvalue weighted by Gasteiger charge is 2.16. The molecule has 1 aromatic rings. The van der Waals surface area contributed by atoms with Gasteiger partial charge in [-0.25, -0.2) is 8.42 Å². The van der Waals surface area contributed by atoms with E-state index in [1.165, 1.54) is 6.07 Å². The summed E-state index contributed by atoms with van der Waals surface area (Å²) in [6, 6.07) is 6.46. The highest BCUT2D eigenvalue weighted by molar-refractivity contribution is 7.91. The molecular weight excluding hydrogens is 236 g/mol. The van der Waals surface area contributed by atoms with Crippen molar-refractivity contribution in [3.63, 3.8) is 0 Å². The van der Waals surface area contributed by atoms with Crippen molar-refractivity contribution >= 4 is 21.4 Å². The molecule has 0 radical (unpaired) electrons. The molecule has 15 heavy (non-hydrogen) atoms. The van der Waals surface area contributed by atoms with E-state index in [-0.39, 0.29) is 17.3 Å². The van der Waals surface area contributed by atoms with Crippen molar-refractivity contribution in [3.8, 4) is 0 Å².